The van der Waals surface area contributed by atoms with Gasteiger partial charge in [-0.25, -0.2) is 13.1 Å². The molecule has 7 nitrogen and oxygen atoms in total. The maximum Gasteiger partial charge on any atom is 0.265 e. The van der Waals surface area contributed by atoms with E-state index in [0.717, 1.165) is 5.69 Å². The minimum atomic E-state index is -3.82. The lowest BCUT2D eigenvalue weighted by Crippen LogP contribution is -2.27. The first-order valence-corrected chi connectivity index (χ1v) is 10.2. The molecule has 0 radical (unpaired) electrons. The SMILES string of the molecule is CC(C)(C)C(=O)Nc1cccc(NS(=O)(=O)c2cnn(-c3ccccc3)c2)c1. The molecule has 146 valence electrons. The molecule has 0 fully saturated rings. The van der Waals surface area contributed by atoms with E-state index in [1.807, 2.05) is 30.3 Å². The summed E-state index contributed by atoms with van der Waals surface area (Å²) >= 11 is 0. The van der Waals surface area contributed by atoms with Crippen molar-refractivity contribution in [3.63, 3.8) is 0 Å². The Hall–Kier alpha value is -3.13. The largest absolute Gasteiger partial charge is 0.326 e. The van der Waals surface area contributed by atoms with Crippen molar-refractivity contribution >= 4 is 27.3 Å². The molecule has 28 heavy (non-hydrogen) atoms. The maximum absolute atomic E-state index is 12.7. The number of hydrogen-bond acceptors (Lipinski definition) is 4. The third kappa shape index (κ3) is 4.58. The second-order valence-electron chi connectivity index (χ2n) is 7.35. The number of amides is 1. The Bertz CT molecular complexity index is 1080. The number of nitrogens with zero attached hydrogens (tertiary/aromatic N) is 2. The number of aromatic nitrogens is 2. The molecule has 2 aromatic carbocycles. The first-order valence-electron chi connectivity index (χ1n) is 8.70. The maximum atomic E-state index is 12.7. The van der Waals surface area contributed by atoms with Gasteiger partial charge < -0.3 is 5.32 Å². The van der Waals surface area contributed by atoms with Gasteiger partial charge >= 0.3 is 0 Å². The lowest BCUT2D eigenvalue weighted by atomic mass is 9.95. The summed E-state index contributed by atoms with van der Waals surface area (Å²) in [6.07, 6.45) is 2.74. The molecule has 0 saturated carbocycles. The van der Waals surface area contributed by atoms with Crippen LogP contribution in [0.4, 0.5) is 11.4 Å². The number of hydrogen-bond donors (Lipinski definition) is 2. The van der Waals surface area contributed by atoms with Gasteiger partial charge in [-0.05, 0) is 30.3 Å². The van der Waals surface area contributed by atoms with Crippen LogP contribution in [0.3, 0.4) is 0 Å². The van der Waals surface area contributed by atoms with E-state index >= 15 is 0 Å². The van der Waals surface area contributed by atoms with E-state index in [1.54, 1.807) is 45.0 Å². The van der Waals surface area contributed by atoms with Crippen molar-refractivity contribution in [3.8, 4) is 5.69 Å². The zero-order chi connectivity index (χ0) is 20.4. The molecule has 1 amide bonds. The smallest absolute Gasteiger partial charge is 0.265 e. The number of carbonyl (C=O) groups excluding carboxylic acids is 1. The second-order valence-corrected chi connectivity index (χ2v) is 9.03. The van der Waals surface area contributed by atoms with E-state index in [9.17, 15) is 13.2 Å². The number of sulfonamides is 1. The van der Waals surface area contributed by atoms with E-state index in [1.165, 1.54) is 17.1 Å². The van der Waals surface area contributed by atoms with E-state index in [0.29, 0.717) is 11.4 Å². The molecular formula is C20H22N4O3S. The van der Waals surface area contributed by atoms with Crippen molar-refractivity contribution in [1.82, 2.24) is 9.78 Å². The molecular weight excluding hydrogens is 376 g/mol. The van der Waals surface area contributed by atoms with Gasteiger partial charge in [0.15, 0.2) is 0 Å². The second kappa shape index (κ2) is 7.47. The molecule has 0 unspecified atom stereocenters. The van der Waals surface area contributed by atoms with Crippen molar-refractivity contribution in [1.29, 1.82) is 0 Å². The summed E-state index contributed by atoms with van der Waals surface area (Å²) in [6.45, 7) is 5.41. The summed E-state index contributed by atoms with van der Waals surface area (Å²) in [4.78, 5) is 12.2. The highest BCUT2D eigenvalue weighted by Crippen LogP contribution is 2.22. The molecule has 1 aromatic heterocycles. The highest BCUT2D eigenvalue weighted by molar-refractivity contribution is 7.92. The van der Waals surface area contributed by atoms with Gasteiger partial charge in [-0.3, -0.25) is 9.52 Å². The standard InChI is InChI=1S/C20H22N4O3S/c1-20(2,3)19(25)22-15-8-7-9-16(12-15)23-28(26,27)18-13-21-24(14-18)17-10-5-4-6-11-17/h4-14,23H,1-3H3,(H,22,25). The third-order valence-corrected chi connectivity index (χ3v) is 5.28. The average Bonchev–Trinajstić information content (AvgIpc) is 3.13. The molecule has 2 N–H and O–H groups in total. The van der Waals surface area contributed by atoms with Crippen LogP contribution in [0, 0.1) is 5.41 Å². The molecule has 0 bridgehead atoms. The van der Waals surface area contributed by atoms with Gasteiger partial charge in [0.05, 0.1) is 23.8 Å². The molecule has 0 aliphatic rings. The van der Waals surface area contributed by atoms with Crippen molar-refractivity contribution in [2.24, 2.45) is 5.41 Å². The lowest BCUT2D eigenvalue weighted by molar-refractivity contribution is -0.123. The van der Waals surface area contributed by atoms with Crippen molar-refractivity contribution in [3.05, 3.63) is 67.0 Å². The molecule has 1 heterocycles. The molecule has 0 saturated heterocycles. The lowest BCUT2D eigenvalue weighted by Gasteiger charge is -2.18. The van der Waals surface area contributed by atoms with Gasteiger partial charge in [0.25, 0.3) is 10.0 Å². The topological polar surface area (TPSA) is 93.1 Å². The van der Waals surface area contributed by atoms with Gasteiger partial charge in [-0.1, -0.05) is 45.0 Å². The van der Waals surface area contributed by atoms with Gasteiger partial charge in [0.1, 0.15) is 4.90 Å². The number of anilines is 2. The van der Waals surface area contributed by atoms with E-state index in [2.05, 4.69) is 15.1 Å². The number of carbonyl (C=O) groups is 1. The summed E-state index contributed by atoms with van der Waals surface area (Å²) < 4.78 is 29.4. The summed E-state index contributed by atoms with van der Waals surface area (Å²) in [5.74, 6) is -0.156. The zero-order valence-corrected chi connectivity index (χ0v) is 16.7. The normalized spacial score (nSPS) is 11.8. The molecule has 0 atom stereocenters. The van der Waals surface area contributed by atoms with E-state index in [4.69, 9.17) is 0 Å². The fourth-order valence-electron chi connectivity index (χ4n) is 2.36. The average molecular weight is 398 g/mol. The van der Waals surface area contributed by atoms with Gasteiger partial charge in [0.2, 0.25) is 5.91 Å². The Morgan fingerprint density at radius 1 is 1.00 bits per heavy atom. The number of para-hydroxylation sites is 1. The minimum absolute atomic E-state index is 0.0421. The Morgan fingerprint density at radius 2 is 1.68 bits per heavy atom. The molecule has 0 aliphatic carbocycles. The summed E-state index contributed by atoms with van der Waals surface area (Å²) in [7, 11) is -3.82. The van der Waals surface area contributed by atoms with Crippen LogP contribution in [-0.2, 0) is 14.8 Å². The molecule has 0 spiro atoms. The summed E-state index contributed by atoms with van der Waals surface area (Å²) in [6, 6.07) is 15.8. The van der Waals surface area contributed by atoms with Crippen LogP contribution >= 0.6 is 0 Å². The predicted octanol–water partition coefficient (Wildman–Crippen LogP) is 3.66. The fraction of sp³-hybridized carbons (Fsp3) is 0.200. The van der Waals surface area contributed by atoms with Crippen LogP contribution in [0.2, 0.25) is 0 Å². The number of benzene rings is 2. The van der Waals surface area contributed by atoms with Crippen LogP contribution in [0.25, 0.3) is 5.69 Å². The number of nitrogens with one attached hydrogen (secondary N) is 2. The third-order valence-electron chi connectivity index (χ3n) is 3.94. The van der Waals surface area contributed by atoms with Gasteiger partial charge in [-0.15, -0.1) is 0 Å². The Balaban J connectivity index is 1.79. The highest BCUT2D eigenvalue weighted by Gasteiger charge is 2.22. The van der Waals surface area contributed by atoms with Crippen LogP contribution in [0.1, 0.15) is 20.8 Å². The fourth-order valence-corrected chi connectivity index (χ4v) is 3.34. The van der Waals surface area contributed by atoms with E-state index in [-0.39, 0.29) is 10.8 Å². The first-order chi connectivity index (χ1) is 13.1. The van der Waals surface area contributed by atoms with Crippen LogP contribution in [-0.4, -0.2) is 24.1 Å². The predicted molar refractivity (Wildman–Crippen MR) is 109 cm³/mol. The van der Waals surface area contributed by atoms with Crippen LogP contribution in [0.5, 0.6) is 0 Å². The summed E-state index contributed by atoms with van der Waals surface area (Å²) in [5, 5.41) is 6.90. The molecule has 0 aliphatic heterocycles. The Kier molecular flexibility index (Phi) is 5.24. The Morgan fingerprint density at radius 3 is 2.36 bits per heavy atom. The molecule has 3 rings (SSSR count). The zero-order valence-electron chi connectivity index (χ0n) is 15.9. The minimum Gasteiger partial charge on any atom is -0.326 e. The summed E-state index contributed by atoms with van der Waals surface area (Å²) in [5.41, 5.74) is 1.07. The van der Waals surface area contributed by atoms with Crippen molar-refractivity contribution in [2.45, 2.75) is 25.7 Å². The monoisotopic (exact) mass is 398 g/mol. The molecule has 8 heteroatoms. The highest BCUT2D eigenvalue weighted by atomic mass is 32.2. The van der Waals surface area contributed by atoms with Gasteiger partial charge in [0, 0.05) is 11.1 Å². The van der Waals surface area contributed by atoms with Gasteiger partial charge in [-0.2, -0.15) is 5.10 Å². The molecule has 3 aromatic rings. The quantitative estimate of drug-likeness (QED) is 0.686. The van der Waals surface area contributed by atoms with Crippen LogP contribution < -0.4 is 10.0 Å². The van der Waals surface area contributed by atoms with Crippen molar-refractivity contribution in [2.75, 3.05) is 10.0 Å². The van der Waals surface area contributed by atoms with Crippen molar-refractivity contribution < 1.29 is 13.2 Å². The Labute approximate surface area is 164 Å². The first kappa shape index (κ1) is 19.6. The number of rotatable bonds is 5. The van der Waals surface area contributed by atoms with Crippen LogP contribution in [0.15, 0.2) is 71.9 Å². The van der Waals surface area contributed by atoms with E-state index < -0.39 is 15.4 Å².